The van der Waals surface area contributed by atoms with E-state index < -0.39 is 0 Å². The van der Waals surface area contributed by atoms with Gasteiger partial charge in [-0.3, -0.25) is 14.6 Å². The van der Waals surface area contributed by atoms with Gasteiger partial charge in [0.25, 0.3) is 0 Å². The topological polar surface area (TPSA) is 70.6 Å². The van der Waals surface area contributed by atoms with Crippen LogP contribution in [-0.2, 0) is 33.2 Å². The minimum atomic E-state index is 0.693. The van der Waals surface area contributed by atoms with E-state index in [9.17, 15) is 0 Å². The van der Waals surface area contributed by atoms with Crippen molar-refractivity contribution in [3.05, 3.63) is 76.5 Å². The molecule has 2 aromatic heterocycles. The highest BCUT2D eigenvalue weighted by Gasteiger charge is 2.11. The van der Waals surface area contributed by atoms with Crippen molar-refractivity contribution < 1.29 is 4.42 Å². The lowest BCUT2D eigenvalue weighted by molar-refractivity contribution is 0.287. The van der Waals surface area contributed by atoms with Gasteiger partial charge in [0.1, 0.15) is 5.76 Å². The van der Waals surface area contributed by atoms with Crippen molar-refractivity contribution in [3.8, 4) is 0 Å². The van der Waals surface area contributed by atoms with Gasteiger partial charge in [-0.25, -0.2) is 0 Å². The normalized spacial score (nSPS) is 11.9. The third-order valence-electron chi connectivity index (χ3n) is 5.33. The van der Waals surface area contributed by atoms with E-state index in [2.05, 4.69) is 63.9 Å². The molecular weight excluding hydrogens is 376 g/mol. The number of nitrogens with one attached hydrogen (secondary N) is 2. The molecule has 7 heteroatoms. The molecule has 0 aliphatic carbocycles. The lowest BCUT2D eigenvalue weighted by Gasteiger charge is -2.19. The van der Waals surface area contributed by atoms with Crippen LogP contribution in [-0.4, -0.2) is 34.7 Å². The fraction of sp³-hybridized carbons (Fsp3) is 0.391. The Labute approximate surface area is 178 Å². The van der Waals surface area contributed by atoms with Crippen LogP contribution in [0.15, 0.2) is 52.1 Å². The lowest BCUT2D eigenvalue weighted by Crippen LogP contribution is -2.36. The third-order valence-corrected chi connectivity index (χ3v) is 5.33. The molecule has 0 saturated carbocycles. The van der Waals surface area contributed by atoms with E-state index in [4.69, 9.17) is 4.42 Å². The molecule has 3 aromatic rings. The first-order valence-corrected chi connectivity index (χ1v) is 10.2. The van der Waals surface area contributed by atoms with Gasteiger partial charge in [-0.15, -0.1) is 0 Å². The zero-order valence-corrected chi connectivity index (χ0v) is 18.6. The molecule has 0 unspecified atom stereocenters. The van der Waals surface area contributed by atoms with Crippen molar-refractivity contribution in [2.75, 3.05) is 14.1 Å². The standard InChI is InChI=1S/C23H32N6O/c1-17-22(18(2)29(5)27-17)14-26-23(24-3)25-13-19-9-6-7-10-20(19)15-28(4)16-21-11-8-12-30-21/h6-12H,13-16H2,1-5H3,(H2,24,25,26). The minimum Gasteiger partial charge on any atom is -0.468 e. The number of nitrogens with zero attached hydrogens (tertiary/aromatic N) is 4. The van der Waals surface area contributed by atoms with Crippen LogP contribution in [0.3, 0.4) is 0 Å². The number of aromatic nitrogens is 2. The van der Waals surface area contributed by atoms with Crippen LogP contribution in [0.1, 0.15) is 33.8 Å². The van der Waals surface area contributed by atoms with E-state index in [-0.39, 0.29) is 0 Å². The maximum Gasteiger partial charge on any atom is 0.191 e. The zero-order valence-electron chi connectivity index (χ0n) is 18.6. The molecular formula is C23H32N6O. The van der Waals surface area contributed by atoms with Crippen molar-refractivity contribution >= 4 is 5.96 Å². The summed E-state index contributed by atoms with van der Waals surface area (Å²) < 4.78 is 7.38. The molecule has 2 heterocycles. The van der Waals surface area contributed by atoms with Crippen LogP contribution in [0.5, 0.6) is 0 Å². The third kappa shape index (κ3) is 5.51. The number of rotatable bonds is 8. The Hall–Kier alpha value is -3.06. The van der Waals surface area contributed by atoms with Gasteiger partial charge in [-0.2, -0.15) is 5.10 Å². The Morgan fingerprint density at radius 3 is 2.43 bits per heavy atom. The molecule has 0 fully saturated rings. The number of furan rings is 1. The second kappa shape index (κ2) is 10.1. The molecule has 1 aromatic carbocycles. The monoisotopic (exact) mass is 408 g/mol. The first-order chi connectivity index (χ1) is 14.5. The number of benzene rings is 1. The number of aryl methyl sites for hydroxylation is 2. The van der Waals surface area contributed by atoms with Crippen LogP contribution < -0.4 is 10.6 Å². The molecule has 0 amide bonds. The Morgan fingerprint density at radius 1 is 1.07 bits per heavy atom. The van der Waals surface area contributed by atoms with Crippen LogP contribution in [0.4, 0.5) is 0 Å². The predicted molar refractivity (Wildman–Crippen MR) is 120 cm³/mol. The molecule has 0 radical (unpaired) electrons. The molecule has 0 spiro atoms. The molecule has 3 rings (SSSR count). The zero-order chi connectivity index (χ0) is 21.5. The fourth-order valence-corrected chi connectivity index (χ4v) is 3.54. The number of hydrogen-bond donors (Lipinski definition) is 2. The highest BCUT2D eigenvalue weighted by atomic mass is 16.3. The van der Waals surface area contributed by atoms with Crippen LogP contribution in [0.25, 0.3) is 0 Å². The smallest absolute Gasteiger partial charge is 0.191 e. The summed E-state index contributed by atoms with van der Waals surface area (Å²) in [6.45, 7) is 7.15. The van der Waals surface area contributed by atoms with E-state index in [1.807, 2.05) is 30.8 Å². The van der Waals surface area contributed by atoms with Gasteiger partial charge in [0.15, 0.2) is 5.96 Å². The summed E-state index contributed by atoms with van der Waals surface area (Å²) in [5.74, 6) is 1.75. The van der Waals surface area contributed by atoms with Gasteiger partial charge in [0, 0.05) is 45.0 Å². The second-order valence-corrected chi connectivity index (χ2v) is 7.57. The Balaban J connectivity index is 1.57. The van der Waals surface area contributed by atoms with Crippen molar-refractivity contribution in [1.82, 2.24) is 25.3 Å². The summed E-state index contributed by atoms with van der Waals surface area (Å²) in [6.07, 6.45) is 1.72. The molecule has 7 nitrogen and oxygen atoms in total. The molecule has 0 saturated heterocycles. The van der Waals surface area contributed by atoms with E-state index in [0.29, 0.717) is 13.1 Å². The molecule has 2 N–H and O–H groups in total. The minimum absolute atomic E-state index is 0.693. The number of hydrogen-bond acceptors (Lipinski definition) is 4. The summed E-state index contributed by atoms with van der Waals surface area (Å²) in [5.41, 5.74) is 5.96. The lowest BCUT2D eigenvalue weighted by atomic mass is 10.1. The summed E-state index contributed by atoms with van der Waals surface area (Å²) in [5, 5.41) is 11.3. The largest absolute Gasteiger partial charge is 0.468 e. The van der Waals surface area contributed by atoms with E-state index in [0.717, 1.165) is 30.5 Å². The van der Waals surface area contributed by atoms with E-state index in [1.54, 1.807) is 13.3 Å². The Morgan fingerprint density at radius 2 is 1.80 bits per heavy atom. The quantitative estimate of drug-likeness (QED) is 0.443. The van der Waals surface area contributed by atoms with Crippen LogP contribution in [0, 0.1) is 13.8 Å². The van der Waals surface area contributed by atoms with Gasteiger partial charge in [-0.05, 0) is 44.2 Å². The molecule has 0 bridgehead atoms. The molecule has 0 aliphatic heterocycles. The van der Waals surface area contributed by atoms with Crippen LogP contribution in [0.2, 0.25) is 0 Å². The first kappa shape index (κ1) is 21.6. The van der Waals surface area contributed by atoms with Gasteiger partial charge in [-0.1, -0.05) is 24.3 Å². The highest BCUT2D eigenvalue weighted by molar-refractivity contribution is 5.79. The fourth-order valence-electron chi connectivity index (χ4n) is 3.54. The van der Waals surface area contributed by atoms with Crippen molar-refractivity contribution in [2.24, 2.45) is 12.0 Å². The Kier molecular flexibility index (Phi) is 7.30. The average Bonchev–Trinajstić information content (AvgIpc) is 3.31. The highest BCUT2D eigenvalue weighted by Crippen LogP contribution is 2.14. The van der Waals surface area contributed by atoms with Gasteiger partial charge < -0.3 is 15.1 Å². The van der Waals surface area contributed by atoms with Gasteiger partial charge >= 0.3 is 0 Å². The summed E-state index contributed by atoms with van der Waals surface area (Å²) >= 11 is 0. The summed E-state index contributed by atoms with van der Waals surface area (Å²) in [4.78, 5) is 6.62. The predicted octanol–water partition coefficient (Wildman–Crippen LogP) is 3.13. The number of guanidine groups is 1. The first-order valence-electron chi connectivity index (χ1n) is 10.2. The maximum absolute atomic E-state index is 5.46. The van der Waals surface area contributed by atoms with Crippen LogP contribution >= 0.6 is 0 Å². The molecule has 30 heavy (non-hydrogen) atoms. The maximum atomic E-state index is 5.46. The SMILES string of the molecule is CN=C(NCc1ccccc1CN(C)Cc1ccco1)NCc1c(C)nn(C)c1C. The average molecular weight is 409 g/mol. The van der Waals surface area contributed by atoms with Crippen molar-refractivity contribution in [1.29, 1.82) is 0 Å². The van der Waals surface area contributed by atoms with Gasteiger partial charge in [0.05, 0.1) is 18.5 Å². The van der Waals surface area contributed by atoms with E-state index >= 15 is 0 Å². The van der Waals surface area contributed by atoms with Gasteiger partial charge in [0.2, 0.25) is 0 Å². The second-order valence-electron chi connectivity index (χ2n) is 7.57. The molecule has 160 valence electrons. The summed E-state index contributed by atoms with van der Waals surface area (Å²) in [6, 6.07) is 12.4. The molecule has 0 aliphatic rings. The van der Waals surface area contributed by atoms with Crippen molar-refractivity contribution in [2.45, 2.75) is 40.0 Å². The Bertz CT molecular complexity index is 974. The summed E-state index contributed by atoms with van der Waals surface area (Å²) in [7, 11) is 5.87. The molecule has 0 atom stereocenters. The van der Waals surface area contributed by atoms with E-state index in [1.165, 1.54) is 22.4 Å². The number of aliphatic imine (C=N–C) groups is 1. The van der Waals surface area contributed by atoms with Crippen molar-refractivity contribution in [3.63, 3.8) is 0 Å².